The molecule has 3 rings (SSSR count). The minimum atomic E-state index is -0.563. The lowest BCUT2D eigenvalue weighted by atomic mass is 10.2. The number of benzene rings is 1. The fraction of sp³-hybridized carbons (Fsp3) is 0.250. The third kappa shape index (κ3) is 3.60. The van der Waals surface area contributed by atoms with Crippen molar-refractivity contribution in [3.63, 3.8) is 0 Å². The molecule has 4 N–H and O–H groups in total. The maximum Gasteiger partial charge on any atom is 0.411 e. The lowest BCUT2D eigenvalue weighted by Crippen LogP contribution is -2.15. The molecule has 1 amide bonds. The zero-order valence-electron chi connectivity index (χ0n) is 13.2. The van der Waals surface area contributed by atoms with Crippen molar-refractivity contribution in [2.24, 2.45) is 0 Å². The van der Waals surface area contributed by atoms with E-state index in [2.05, 4.69) is 15.6 Å². The van der Waals surface area contributed by atoms with Crippen LogP contribution in [0.2, 0.25) is 0 Å². The Labute approximate surface area is 138 Å². The van der Waals surface area contributed by atoms with E-state index in [0.29, 0.717) is 18.1 Å². The lowest BCUT2D eigenvalue weighted by Gasteiger charge is -2.10. The second-order valence-corrected chi connectivity index (χ2v) is 5.02. The predicted octanol–water partition coefficient (Wildman–Crippen LogP) is 2.57. The zero-order valence-corrected chi connectivity index (χ0v) is 13.2. The van der Waals surface area contributed by atoms with Gasteiger partial charge in [-0.2, -0.15) is 0 Å². The van der Waals surface area contributed by atoms with Crippen LogP contribution in [-0.4, -0.2) is 24.5 Å². The Morgan fingerprint density at radius 2 is 2.12 bits per heavy atom. The second-order valence-electron chi connectivity index (χ2n) is 5.02. The maximum absolute atomic E-state index is 11.4. The van der Waals surface area contributed by atoms with Crippen LogP contribution in [0.4, 0.5) is 22.1 Å². The van der Waals surface area contributed by atoms with Gasteiger partial charge in [-0.1, -0.05) is 6.07 Å². The number of carbonyl (C=O) groups excluding carboxylic acids is 1. The molecule has 0 fully saturated rings. The Bertz CT molecular complexity index is 751. The van der Waals surface area contributed by atoms with E-state index in [1.165, 1.54) is 0 Å². The summed E-state index contributed by atoms with van der Waals surface area (Å²) in [5, 5.41) is 5.70. The number of aromatic nitrogens is 1. The molecule has 0 spiro atoms. The number of nitrogen functional groups attached to an aromatic ring is 1. The van der Waals surface area contributed by atoms with E-state index in [0.717, 1.165) is 17.1 Å². The van der Waals surface area contributed by atoms with Crippen LogP contribution in [0.5, 0.6) is 11.5 Å². The summed E-state index contributed by atoms with van der Waals surface area (Å²) in [6.45, 7) is 2.81. The molecular weight excluding hydrogens is 312 g/mol. The Kier molecular flexibility index (Phi) is 4.55. The number of hydrogen-bond donors (Lipinski definition) is 3. The van der Waals surface area contributed by atoms with E-state index in [1.54, 1.807) is 19.1 Å². The second kappa shape index (κ2) is 6.95. The average Bonchev–Trinajstić information content (AvgIpc) is 3.03. The van der Waals surface area contributed by atoms with E-state index in [-0.39, 0.29) is 19.2 Å². The van der Waals surface area contributed by atoms with Gasteiger partial charge in [-0.15, -0.1) is 0 Å². The number of anilines is 3. The molecule has 0 saturated carbocycles. The number of fused-ring (bicyclic) bond motifs is 1. The van der Waals surface area contributed by atoms with E-state index < -0.39 is 6.09 Å². The number of rotatable bonds is 5. The molecule has 1 aromatic heterocycles. The van der Waals surface area contributed by atoms with Crippen LogP contribution in [-0.2, 0) is 11.3 Å². The molecule has 0 saturated heterocycles. The maximum atomic E-state index is 11.4. The minimum Gasteiger partial charge on any atom is -0.454 e. The van der Waals surface area contributed by atoms with Crippen molar-refractivity contribution in [1.82, 2.24) is 4.98 Å². The molecule has 0 atom stereocenters. The Balaban J connectivity index is 1.61. The molecule has 126 valence electrons. The van der Waals surface area contributed by atoms with Gasteiger partial charge in [0.1, 0.15) is 11.6 Å². The molecule has 1 aliphatic rings. The van der Waals surface area contributed by atoms with Crippen LogP contribution < -0.4 is 25.8 Å². The summed E-state index contributed by atoms with van der Waals surface area (Å²) in [5.41, 5.74) is 7.28. The summed E-state index contributed by atoms with van der Waals surface area (Å²) in [5.74, 6) is 2.28. The number of carbonyl (C=O) groups is 1. The molecule has 2 heterocycles. The molecule has 0 bridgehead atoms. The number of nitrogens with zero attached hydrogens (tertiary/aromatic N) is 1. The van der Waals surface area contributed by atoms with Crippen molar-refractivity contribution >= 4 is 23.4 Å². The van der Waals surface area contributed by atoms with Gasteiger partial charge in [-0.3, -0.25) is 5.32 Å². The molecule has 8 nitrogen and oxygen atoms in total. The number of pyridine rings is 1. The van der Waals surface area contributed by atoms with Crippen molar-refractivity contribution < 1.29 is 19.0 Å². The SMILES string of the molecule is CCOC(=O)Nc1ccc(NCc2ccc3c(c2)OCO3)nc1N. The third-order valence-corrected chi connectivity index (χ3v) is 3.35. The summed E-state index contributed by atoms with van der Waals surface area (Å²) >= 11 is 0. The van der Waals surface area contributed by atoms with Crippen LogP contribution in [0.3, 0.4) is 0 Å². The van der Waals surface area contributed by atoms with Crippen LogP contribution in [0.25, 0.3) is 0 Å². The smallest absolute Gasteiger partial charge is 0.411 e. The van der Waals surface area contributed by atoms with E-state index in [4.69, 9.17) is 19.9 Å². The zero-order chi connectivity index (χ0) is 16.9. The highest BCUT2D eigenvalue weighted by atomic mass is 16.7. The molecule has 0 radical (unpaired) electrons. The average molecular weight is 330 g/mol. The summed E-state index contributed by atoms with van der Waals surface area (Å²) in [6.07, 6.45) is -0.563. The van der Waals surface area contributed by atoms with Crippen LogP contribution in [0, 0.1) is 0 Å². The minimum absolute atomic E-state index is 0.207. The van der Waals surface area contributed by atoms with Gasteiger partial charge in [0.2, 0.25) is 6.79 Å². The first-order chi connectivity index (χ1) is 11.7. The van der Waals surface area contributed by atoms with Crippen LogP contribution >= 0.6 is 0 Å². The highest BCUT2D eigenvalue weighted by molar-refractivity contribution is 5.88. The van der Waals surface area contributed by atoms with Crippen molar-refractivity contribution in [2.45, 2.75) is 13.5 Å². The number of amides is 1. The van der Waals surface area contributed by atoms with Gasteiger partial charge in [0.25, 0.3) is 0 Å². The Morgan fingerprint density at radius 3 is 2.92 bits per heavy atom. The quantitative estimate of drug-likeness (QED) is 0.773. The van der Waals surface area contributed by atoms with Crippen molar-refractivity contribution in [3.8, 4) is 11.5 Å². The largest absolute Gasteiger partial charge is 0.454 e. The summed E-state index contributed by atoms with van der Waals surface area (Å²) in [7, 11) is 0. The highest BCUT2D eigenvalue weighted by Gasteiger charge is 2.13. The molecule has 1 aliphatic heterocycles. The summed E-state index contributed by atoms with van der Waals surface area (Å²) in [6, 6.07) is 9.12. The normalized spacial score (nSPS) is 11.9. The van der Waals surface area contributed by atoms with E-state index in [1.807, 2.05) is 18.2 Å². The van der Waals surface area contributed by atoms with Crippen molar-refractivity contribution in [2.75, 3.05) is 29.8 Å². The third-order valence-electron chi connectivity index (χ3n) is 3.35. The van der Waals surface area contributed by atoms with Crippen LogP contribution in [0.1, 0.15) is 12.5 Å². The summed E-state index contributed by atoms with van der Waals surface area (Å²) in [4.78, 5) is 15.6. The molecular formula is C16H18N4O4. The van der Waals surface area contributed by atoms with Gasteiger partial charge in [0.15, 0.2) is 11.5 Å². The molecule has 0 unspecified atom stereocenters. The molecule has 2 aromatic rings. The first kappa shape index (κ1) is 15.7. The lowest BCUT2D eigenvalue weighted by molar-refractivity contribution is 0.168. The van der Waals surface area contributed by atoms with Gasteiger partial charge in [-0.05, 0) is 36.8 Å². The van der Waals surface area contributed by atoms with Gasteiger partial charge < -0.3 is 25.3 Å². The summed E-state index contributed by atoms with van der Waals surface area (Å²) < 4.78 is 15.4. The van der Waals surface area contributed by atoms with E-state index >= 15 is 0 Å². The van der Waals surface area contributed by atoms with Gasteiger partial charge >= 0.3 is 6.09 Å². The topological polar surface area (TPSA) is 108 Å². The molecule has 0 aliphatic carbocycles. The Morgan fingerprint density at radius 1 is 1.29 bits per heavy atom. The predicted molar refractivity (Wildman–Crippen MR) is 89.2 cm³/mol. The monoisotopic (exact) mass is 330 g/mol. The van der Waals surface area contributed by atoms with Crippen molar-refractivity contribution in [1.29, 1.82) is 0 Å². The highest BCUT2D eigenvalue weighted by Crippen LogP contribution is 2.32. The van der Waals surface area contributed by atoms with Crippen molar-refractivity contribution in [3.05, 3.63) is 35.9 Å². The number of ether oxygens (including phenoxy) is 3. The van der Waals surface area contributed by atoms with Gasteiger partial charge in [-0.25, -0.2) is 9.78 Å². The first-order valence-electron chi connectivity index (χ1n) is 7.48. The van der Waals surface area contributed by atoms with Gasteiger partial charge in [0, 0.05) is 6.54 Å². The molecule has 8 heteroatoms. The van der Waals surface area contributed by atoms with Gasteiger partial charge in [0.05, 0.1) is 12.3 Å². The molecule has 24 heavy (non-hydrogen) atoms. The standard InChI is InChI=1S/C16H18N4O4/c1-2-22-16(21)19-11-4-6-14(20-15(11)17)18-8-10-3-5-12-13(7-10)24-9-23-12/h3-7H,2,8-9H2,1H3,(H,19,21)(H3,17,18,20). The number of nitrogens with one attached hydrogen (secondary N) is 2. The Hall–Kier alpha value is -3.16. The fourth-order valence-corrected chi connectivity index (χ4v) is 2.20. The fourth-order valence-electron chi connectivity index (χ4n) is 2.20. The first-order valence-corrected chi connectivity index (χ1v) is 7.48. The number of hydrogen-bond acceptors (Lipinski definition) is 7. The number of nitrogens with two attached hydrogens (primary N) is 1. The van der Waals surface area contributed by atoms with E-state index in [9.17, 15) is 4.79 Å². The molecule has 1 aromatic carbocycles. The van der Waals surface area contributed by atoms with Crippen LogP contribution in [0.15, 0.2) is 30.3 Å².